The second kappa shape index (κ2) is 4.93. The molecule has 0 aliphatic rings. The topological polar surface area (TPSA) is 48.7 Å². The predicted molar refractivity (Wildman–Crippen MR) is 65.2 cm³/mol. The normalized spacial score (nSPS) is 11.8. The van der Waals surface area contributed by atoms with Crippen LogP contribution in [0.1, 0.15) is 16.6 Å². The Hall–Kier alpha value is -1.93. The van der Waals surface area contributed by atoms with Crippen molar-refractivity contribution in [1.82, 2.24) is 4.98 Å². The molecule has 0 aliphatic heterocycles. The third-order valence-electron chi connectivity index (χ3n) is 2.18. The fraction of sp³-hybridized carbons (Fsp3) is 0.167. The summed E-state index contributed by atoms with van der Waals surface area (Å²) in [6.07, 6.45) is 1.64. The van der Waals surface area contributed by atoms with Crippen LogP contribution < -0.4 is 5.32 Å². The number of thiazole rings is 1. The lowest BCUT2D eigenvalue weighted by atomic mass is 10.2. The highest BCUT2D eigenvalue weighted by atomic mass is 32.1. The molecule has 1 aromatic heterocycles. The van der Waals surface area contributed by atoms with Gasteiger partial charge >= 0.3 is 0 Å². The Morgan fingerprint density at radius 1 is 1.47 bits per heavy atom. The highest BCUT2D eigenvalue weighted by molar-refractivity contribution is 7.09. The van der Waals surface area contributed by atoms with E-state index < -0.39 is 6.04 Å². The van der Waals surface area contributed by atoms with Gasteiger partial charge in [-0.15, -0.1) is 11.3 Å². The third-order valence-corrected chi connectivity index (χ3v) is 3.02. The smallest absolute Gasteiger partial charge is 0.166 e. The Kier molecular flexibility index (Phi) is 3.35. The van der Waals surface area contributed by atoms with E-state index in [1.807, 2.05) is 0 Å². The molecule has 0 aliphatic carbocycles. The summed E-state index contributed by atoms with van der Waals surface area (Å²) in [6.45, 7) is 1.80. The lowest BCUT2D eigenvalue weighted by Gasteiger charge is -2.11. The molecule has 1 unspecified atom stereocenters. The first-order chi connectivity index (χ1) is 8.19. The van der Waals surface area contributed by atoms with Gasteiger partial charge in [-0.05, 0) is 30.7 Å². The zero-order valence-corrected chi connectivity index (χ0v) is 9.96. The lowest BCUT2D eigenvalue weighted by Crippen LogP contribution is -2.08. The van der Waals surface area contributed by atoms with Crippen LogP contribution in [0.2, 0.25) is 0 Å². The molecule has 17 heavy (non-hydrogen) atoms. The van der Waals surface area contributed by atoms with Crippen molar-refractivity contribution in [1.29, 1.82) is 5.26 Å². The van der Waals surface area contributed by atoms with Crippen LogP contribution in [0.4, 0.5) is 10.1 Å². The van der Waals surface area contributed by atoms with Gasteiger partial charge < -0.3 is 5.32 Å². The van der Waals surface area contributed by atoms with Crippen LogP contribution in [0.5, 0.6) is 0 Å². The number of anilines is 1. The van der Waals surface area contributed by atoms with E-state index in [1.54, 1.807) is 24.6 Å². The zero-order valence-electron chi connectivity index (χ0n) is 9.14. The molecule has 2 rings (SSSR count). The van der Waals surface area contributed by atoms with Gasteiger partial charge in [0.25, 0.3) is 0 Å². The van der Waals surface area contributed by atoms with E-state index in [9.17, 15) is 4.39 Å². The molecule has 3 nitrogen and oxygen atoms in total. The molecule has 2 aromatic rings. The van der Waals surface area contributed by atoms with E-state index in [0.29, 0.717) is 10.7 Å². The van der Waals surface area contributed by atoms with Crippen molar-refractivity contribution in [2.45, 2.75) is 13.0 Å². The van der Waals surface area contributed by atoms with Crippen molar-refractivity contribution < 1.29 is 4.39 Å². The summed E-state index contributed by atoms with van der Waals surface area (Å²) in [7, 11) is 0. The van der Waals surface area contributed by atoms with Crippen molar-refractivity contribution in [3.8, 4) is 6.07 Å². The monoisotopic (exact) mass is 247 g/mol. The third kappa shape index (κ3) is 2.80. The first kappa shape index (κ1) is 11.6. The van der Waals surface area contributed by atoms with Crippen molar-refractivity contribution in [2.24, 2.45) is 0 Å². The number of halogens is 1. The van der Waals surface area contributed by atoms with E-state index in [4.69, 9.17) is 5.26 Å². The van der Waals surface area contributed by atoms with Gasteiger partial charge in [0.15, 0.2) is 6.04 Å². The maximum Gasteiger partial charge on any atom is 0.166 e. The average molecular weight is 247 g/mol. The summed E-state index contributed by atoms with van der Waals surface area (Å²) in [6, 6.07) is 6.16. The molecule has 0 fully saturated rings. The fourth-order valence-corrected chi connectivity index (χ4v) is 2.14. The van der Waals surface area contributed by atoms with Crippen LogP contribution in [0.25, 0.3) is 0 Å². The number of hydrogen-bond donors (Lipinski definition) is 1. The van der Waals surface area contributed by atoms with E-state index in [2.05, 4.69) is 16.4 Å². The number of hydrogen-bond acceptors (Lipinski definition) is 4. The maximum atomic E-state index is 13.2. The number of nitrogens with zero attached hydrogens (tertiary/aromatic N) is 2. The van der Waals surface area contributed by atoms with Crippen molar-refractivity contribution in [2.75, 3.05) is 5.32 Å². The summed E-state index contributed by atoms with van der Waals surface area (Å²) >= 11 is 1.39. The molecular formula is C12H10FN3S. The predicted octanol–water partition coefficient (Wildman–Crippen LogP) is 3.27. The molecule has 0 saturated carbocycles. The molecule has 1 atom stereocenters. The minimum Gasteiger partial charge on any atom is -0.364 e. The number of nitrogens with one attached hydrogen (secondary N) is 1. The van der Waals surface area contributed by atoms with Gasteiger partial charge in [-0.1, -0.05) is 0 Å². The molecular weight excluding hydrogens is 237 g/mol. The average Bonchev–Trinajstić information content (AvgIpc) is 2.77. The molecule has 86 valence electrons. The first-order valence-electron chi connectivity index (χ1n) is 5.02. The SMILES string of the molecule is Cc1cc(F)cc(NC(C#N)c2nccs2)c1. The maximum absolute atomic E-state index is 13.2. The van der Waals surface area contributed by atoms with Crippen LogP contribution in [0.15, 0.2) is 29.8 Å². The summed E-state index contributed by atoms with van der Waals surface area (Å²) in [5.74, 6) is -0.316. The second-order valence-electron chi connectivity index (χ2n) is 3.59. The summed E-state index contributed by atoms with van der Waals surface area (Å²) in [4.78, 5) is 4.07. The van der Waals surface area contributed by atoms with Gasteiger partial charge in [0.05, 0.1) is 6.07 Å². The van der Waals surface area contributed by atoms with Crippen molar-refractivity contribution >= 4 is 17.0 Å². The molecule has 0 bridgehead atoms. The highest BCUT2D eigenvalue weighted by Gasteiger charge is 2.13. The van der Waals surface area contributed by atoms with E-state index in [1.165, 1.54) is 23.5 Å². The summed E-state index contributed by atoms with van der Waals surface area (Å²) < 4.78 is 13.2. The Labute approximate surface area is 103 Å². The number of aromatic nitrogens is 1. The van der Waals surface area contributed by atoms with Gasteiger partial charge in [-0.3, -0.25) is 0 Å². The van der Waals surface area contributed by atoms with Crippen LogP contribution in [0.3, 0.4) is 0 Å². The van der Waals surface area contributed by atoms with Gasteiger partial charge in [0, 0.05) is 17.3 Å². The number of benzene rings is 1. The van der Waals surface area contributed by atoms with Gasteiger partial charge in [-0.25, -0.2) is 9.37 Å². The van der Waals surface area contributed by atoms with Gasteiger partial charge in [-0.2, -0.15) is 5.26 Å². The van der Waals surface area contributed by atoms with Crippen LogP contribution in [0, 0.1) is 24.1 Å². The number of rotatable bonds is 3. The van der Waals surface area contributed by atoms with Crippen LogP contribution in [-0.2, 0) is 0 Å². The van der Waals surface area contributed by atoms with E-state index in [-0.39, 0.29) is 5.82 Å². The molecule has 0 saturated heterocycles. The zero-order chi connectivity index (χ0) is 12.3. The minimum atomic E-state index is -0.545. The standard InChI is InChI=1S/C12H10FN3S/c1-8-4-9(13)6-10(5-8)16-11(7-14)12-15-2-3-17-12/h2-6,11,16H,1H3. The van der Waals surface area contributed by atoms with Crippen molar-refractivity contribution in [3.05, 3.63) is 46.2 Å². The second-order valence-corrected chi connectivity index (χ2v) is 4.52. The van der Waals surface area contributed by atoms with E-state index >= 15 is 0 Å². The first-order valence-corrected chi connectivity index (χ1v) is 5.90. The van der Waals surface area contributed by atoms with E-state index in [0.717, 1.165) is 5.56 Å². The fourth-order valence-electron chi connectivity index (χ4n) is 1.51. The molecule has 1 heterocycles. The number of aryl methyl sites for hydroxylation is 1. The lowest BCUT2D eigenvalue weighted by molar-refractivity contribution is 0.627. The quantitative estimate of drug-likeness (QED) is 0.905. The van der Waals surface area contributed by atoms with Gasteiger partial charge in [0.1, 0.15) is 10.8 Å². The van der Waals surface area contributed by atoms with Crippen molar-refractivity contribution in [3.63, 3.8) is 0 Å². The summed E-state index contributed by atoms with van der Waals surface area (Å²) in [5.41, 5.74) is 1.40. The Balaban J connectivity index is 2.22. The highest BCUT2D eigenvalue weighted by Crippen LogP contribution is 2.22. The Morgan fingerprint density at radius 3 is 2.88 bits per heavy atom. The molecule has 0 amide bonds. The Bertz CT molecular complexity index is 525. The Morgan fingerprint density at radius 2 is 2.29 bits per heavy atom. The van der Waals surface area contributed by atoms with Crippen LogP contribution in [-0.4, -0.2) is 4.98 Å². The number of nitriles is 1. The largest absolute Gasteiger partial charge is 0.364 e. The van der Waals surface area contributed by atoms with Crippen LogP contribution >= 0.6 is 11.3 Å². The molecule has 1 aromatic carbocycles. The minimum absolute atomic E-state index is 0.316. The molecule has 1 N–H and O–H groups in total. The molecule has 5 heteroatoms. The molecule has 0 spiro atoms. The molecule has 0 radical (unpaired) electrons. The summed E-state index contributed by atoms with van der Waals surface area (Å²) in [5, 5.41) is 14.5. The van der Waals surface area contributed by atoms with Gasteiger partial charge in [0.2, 0.25) is 0 Å².